The van der Waals surface area contributed by atoms with Gasteiger partial charge >= 0.3 is 5.97 Å². The number of hydrogen-bond acceptors (Lipinski definition) is 3. The third kappa shape index (κ3) is 10.6. The van der Waals surface area contributed by atoms with Crippen molar-refractivity contribution in [2.75, 3.05) is 19.7 Å². The maximum absolute atomic E-state index is 10.4. The van der Waals surface area contributed by atoms with Crippen LogP contribution in [0, 0.1) is 0 Å². The number of benzene rings is 2. The average molecular weight is 392 g/mol. The lowest BCUT2D eigenvalue weighted by molar-refractivity contribution is -0.136. The van der Waals surface area contributed by atoms with Crippen LogP contribution in [-0.4, -0.2) is 30.8 Å². The molecule has 0 bridgehead atoms. The molecule has 0 fully saturated rings. The van der Waals surface area contributed by atoms with E-state index in [2.05, 4.69) is 41.7 Å². The number of carboxylic acids is 1. The first-order chi connectivity index (χ1) is 12.7. The van der Waals surface area contributed by atoms with Crippen LogP contribution in [0.15, 0.2) is 54.6 Å². The second-order valence-corrected chi connectivity index (χ2v) is 6.43. The van der Waals surface area contributed by atoms with Crippen molar-refractivity contribution in [3.8, 4) is 5.75 Å². The van der Waals surface area contributed by atoms with Gasteiger partial charge in [0, 0.05) is 6.54 Å². The molecule has 0 saturated carbocycles. The molecule has 27 heavy (non-hydrogen) atoms. The van der Waals surface area contributed by atoms with Gasteiger partial charge in [-0.15, -0.1) is 12.4 Å². The summed E-state index contributed by atoms with van der Waals surface area (Å²) in [5, 5.41) is 11.7. The van der Waals surface area contributed by atoms with E-state index >= 15 is 0 Å². The fraction of sp³-hybridized carbons (Fsp3) is 0.409. The molecule has 0 heterocycles. The molecule has 2 N–H and O–H groups in total. The zero-order chi connectivity index (χ0) is 18.5. The third-order valence-electron chi connectivity index (χ3n) is 4.23. The molecule has 0 aliphatic rings. The Bertz CT molecular complexity index is 632. The van der Waals surface area contributed by atoms with E-state index in [9.17, 15) is 4.79 Å². The number of carboxylic acid groups (broad SMARTS) is 1. The molecule has 4 nitrogen and oxygen atoms in total. The predicted octanol–water partition coefficient (Wildman–Crippen LogP) is 4.51. The van der Waals surface area contributed by atoms with Crippen molar-refractivity contribution in [1.29, 1.82) is 0 Å². The topological polar surface area (TPSA) is 58.6 Å². The molecule has 0 saturated heterocycles. The second-order valence-electron chi connectivity index (χ2n) is 6.43. The van der Waals surface area contributed by atoms with Crippen LogP contribution in [0.25, 0.3) is 0 Å². The number of halogens is 1. The predicted molar refractivity (Wildman–Crippen MR) is 112 cm³/mol. The zero-order valence-electron chi connectivity index (χ0n) is 15.7. The minimum atomic E-state index is -0.756. The quantitative estimate of drug-likeness (QED) is 0.493. The highest BCUT2D eigenvalue weighted by molar-refractivity contribution is 5.85. The smallest absolute Gasteiger partial charge is 0.304 e. The van der Waals surface area contributed by atoms with Crippen molar-refractivity contribution in [3.05, 3.63) is 65.7 Å². The first-order valence-corrected chi connectivity index (χ1v) is 9.42. The summed E-state index contributed by atoms with van der Waals surface area (Å²) in [6.07, 6.45) is 5.45. The fourth-order valence-corrected chi connectivity index (χ4v) is 2.76. The minimum Gasteiger partial charge on any atom is -0.494 e. The lowest BCUT2D eigenvalue weighted by Gasteiger charge is -2.08. The first kappa shape index (κ1) is 23.0. The van der Waals surface area contributed by atoms with E-state index in [0.29, 0.717) is 6.54 Å². The highest BCUT2D eigenvalue weighted by Gasteiger charge is 1.99. The van der Waals surface area contributed by atoms with E-state index in [1.807, 2.05) is 18.2 Å². The van der Waals surface area contributed by atoms with Crippen molar-refractivity contribution >= 4 is 18.4 Å². The molecule has 0 spiro atoms. The van der Waals surface area contributed by atoms with Gasteiger partial charge in [-0.1, -0.05) is 42.5 Å². The van der Waals surface area contributed by atoms with E-state index in [4.69, 9.17) is 9.84 Å². The Kier molecular flexibility index (Phi) is 12.0. The lowest BCUT2D eigenvalue weighted by atomic mass is 10.1. The summed E-state index contributed by atoms with van der Waals surface area (Å²) in [6, 6.07) is 18.8. The van der Waals surface area contributed by atoms with Gasteiger partial charge in [-0.2, -0.15) is 0 Å². The standard InChI is InChI=1S/C22H29NO3.ClH/c24-22(25)15-17-23-16-6-10-20-11-13-21(14-12-20)26-18-5-4-9-19-7-2-1-3-8-19;/h1-3,7-8,11-14,23H,4-6,9-10,15-18H2,(H,24,25);1H. The molecule has 2 aromatic carbocycles. The monoisotopic (exact) mass is 391 g/mol. The molecule has 148 valence electrons. The maximum Gasteiger partial charge on any atom is 0.304 e. The number of hydrogen-bond donors (Lipinski definition) is 2. The second kappa shape index (κ2) is 14.1. The molecule has 2 aromatic rings. The number of unbranched alkanes of at least 4 members (excludes halogenated alkanes) is 1. The average Bonchev–Trinajstić information content (AvgIpc) is 2.66. The molecule has 5 heteroatoms. The van der Waals surface area contributed by atoms with Gasteiger partial charge in [0.1, 0.15) is 5.75 Å². The van der Waals surface area contributed by atoms with Gasteiger partial charge in [-0.25, -0.2) is 0 Å². The van der Waals surface area contributed by atoms with Crippen LogP contribution in [0.1, 0.15) is 36.8 Å². The normalized spacial score (nSPS) is 10.2. The Morgan fingerprint density at radius 3 is 2.22 bits per heavy atom. The number of aryl methyl sites for hydroxylation is 2. The third-order valence-corrected chi connectivity index (χ3v) is 4.23. The van der Waals surface area contributed by atoms with Gasteiger partial charge in [0.05, 0.1) is 13.0 Å². The van der Waals surface area contributed by atoms with Crippen LogP contribution >= 0.6 is 12.4 Å². The summed E-state index contributed by atoms with van der Waals surface area (Å²) < 4.78 is 5.81. The molecule has 0 unspecified atom stereocenters. The number of nitrogens with one attached hydrogen (secondary N) is 1. The molecular weight excluding hydrogens is 362 g/mol. The van der Waals surface area contributed by atoms with Crippen LogP contribution in [0.5, 0.6) is 5.75 Å². The molecule has 0 amide bonds. The molecule has 0 aromatic heterocycles. The van der Waals surface area contributed by atoms with E-state index in [1.165, 1.54) is 11.1 Å². The Hall–Kier alpha value is -2.04. The summed E-state index contributed by atoms with van der Waals surface area (Å²) in [5.41, 5.74) is 2.66. The molecule has 0 atom stereocenters. The molecule has 2 rings (SSSR count). The maximum atomic E-state index is 10.4. The number of ether oxygens (including phenoxy) is 1. The summed E-state index contributed by atoms with van der Waals surface area (Å²) in [4.78, 5) is 10.4. The number of carbonyl (C=O) groups is 1. The molecule has 0 radical (unpaired) electrons. The Morgan fingerprint density at radius 1 is 0.852 bits per heavy atom. The minimum absolute atomic E-state index is 0. The largest absolute Gasteiger partial charge is 0.494 e. The van der Waals surface area contributed by atoms with Crippen molar-refractivity contribution in [1.82, 2.24) is 5.32 Å². The van der Waals surface area contributed by atoms with Gasteiger partial charge in [0.25, 0.3) is 0 Å². The number of rotatable bonds is 13. The highest BCUT2D eigenvalue weighted by atomic mass is 35.5. The van der Waals surface area contributed by atoms with Crippen molar-refractivity contribution in [2.45, 2.75) is 38.5 Å². The van der Waals surface area contributed by atoms with E-state index in [0.717, 1.165) is 51.0 Å². The van der Waals surface area contributed by atoms with E-state index < -0.39 is 5.97 Å². The van der Waals surface area contributed by atoms with Gasteiger partial charge in [0.2, 0.25) is 0 Å². The molecular formula is C22H30ClNO3. The zero-order valence-corrected chi connectivity index (χ0v) is 16.5. The van der Waals surface area contributed by atoms with Crippen LogP contribution < -0.4 is 10.1 Å². The Balaban J connectivity index is 0.00000364. The van der Waals surface area contributed by atoms with Gasteiger partial charge in [-0.3, -0.25) is 4.79 Å². The van der Waals surface area contributed by atoms with E-state index in [1.54, 1.807) is 0 Å². The van der Waals surface area contributed by atoms with Gasteiger partial charge < -0.3 is 15.2 Å². The van der Waals surface area contributed by atoms with Crippen LogP contribution in [0.3, 0.4) is 0 Å². The van der Waals surface area contributed by atoms with Crippen molar-refractivity contribution < 1.29 is 14.6 Å². The molecule has 0 aliphatic carbocycles. The SMILES string of the molecule is Cl.O=C(O)CCNCCCc1ccc(OCCCCc2ccccc2)cc1. The van der Waals surface area contributed by atoms with Crippen molar-refractivity contribution in [2.24, 2.45) is 0 Å². The van der Waals surface area contributed by atoms with Crippen LogP contribution in [-0.2, 0) is 17.6 Å². The summed E-state index contributed by atoms with van der Waals surface area (Å²) in [7, 11) is 0. The van der Waals surface area contributed by atoms with Crippen molar-refractivity contribution in [3.63, 3.8) is 0 Å². The summed E-state index contributed by atoms with van der Waals surface area (Å²) in [6.45, 7) is 2.12. The summed E-state index contributed by atoms with van der Waals surface area (Å²) >= 11 is 0. The summed E-state index contributed by atoms with van der Waals surface area (Å²) in [5.74, 6) is 0.168. The Morgan fingerprint density at radius 2 is 1.52 bits per heavy atom. The lowest BCUT2D eigenvalue weighted by Crippen LogP contribution is -2.19. The van der Waals surface area contributed by atoms with Crippen LogP contribution in [0.2, 0.25) is 0 Å². The van der Waals surface area contributed by atoms with E-state index in [-0.39, 0.29) is 18.8 Å². The number of aliphatic carboxylic acids is 1. The Labute approximate surface area is 168 Å². The van der Waals surface area contributed by atoms with Gasteiger partial charge in [-0.05, 0) is 61.9 Å². The highest BCUT2D eigenvalue weighted by Crippen LogP contribution is 2.14. The van der Waals surface area contributed by atoms with Gasteiger partial charge in [0.15, 0.2) is 0 Å². The first-order valence-electron chi connectivity index (χ1n) is 9.42. The molecule has 0 aliphatic heterocycles. The fourth-order valence-electron chi connectivity index (χ4n) is 2.76. The van der Waals surface area contributed by atoms with Crippen LogP contribution in [0.4, 0.5) is 0 Å².